The number of hydrogen-bond donors (Lipinski definition) is 1. The molecule has 5 heteroatoms. The zero-order valence-corrected chi connectivity index (χ0v) is 13.7. The van der Waals surface area contributed by atoms with Gasteiger partial charge >= 0.3 is 0 Å². The predicted octanol–water partition coefficient (Wildman–Crippen LogP) is 2.28. The number of benzene rings is 1. The molecule has 1 unspecified atom stereocenters. The minimum Gasteiger partial charge on any atom is -0.396 e. The molecule has 1 N–H and O–H groups in total. The number of rotatable bonds is 5. The Labute approximate surface area is 122 Å². The molecule has 0 aliphatic carbocycles. The summed E-state index contributed by atoms with van der Waals surface area (Å²) in [5.41, 5.74) is 0.802. The molecular weight excluding hydrogens is 274 g/mol. The summed E-state index contributed by atoms with van der Waals surface area (Å²) >= 11 is 0. The molecule has 0 saturated carbocycles. The van der Waals surface area contributed by atoms with Crippen molar-refractivity contribution in [1.29, 1.82) is 0 Å². The van der Waals surface area contributed by atoms with E-state index in [2.05, 4.69) is 0 Å². The van der Waals surface area contributed by atoms with E-state index in [1.807, 2.05) is 27.7 Å². The Balaban J connectivity index is 3.04. The van der Waals surface area contributed by atoms with Crippen molar-refractivity contribution in [2.24, 2.45) is 5.41 Å². The van der Waals surface area contributed by atoms with Crippen LogP contribution in [0.25, 0.3) is 0 Å². The average Bonchev–Trinajstić information content (AvgIpc) is 2.37. The van der Waals surface area contributed by atoms with Crippen molar-refractivity contribution < 1.29 is 13.5 Å². The lowest BCUT2D eigenvalue weighted by Crippen LogP contribution is -2.42. The summed E-state index contributed by atoms with van der Waals surface area (Å²) in [4.78, 5) is 0.290. The van der Waals surface area contributed by atoms with E-state index in [0.717, 1.165) is 5.56 Å². The monoisotopic (exact) mass is 299 g/mol. The van der Waals surface area contributed by atoms with Crippen LogP contribution in [0.3, 0.4) is 0 Å². The van der Waals surface area contributed by atoms with Gasteiger partial charge in [0.2, 0.25) is 10.0 Å². The third kappa shape index (κ3) is 3.81. The third-order valence-electron chi connectivity index (χ3n) is 3.80. The number of sulfonamides is 1. The van der Waals surface area contributed by atoms with Gasteiger partial charge in [-0.3, -0.25) is 0 Å². The minimum atomic E-state index is -3.48. The average molecular weight is 299 g/mol. The summed E-state index contributed by atoms with van der Waals surface area (Å²) in [5.74, 6) is 0. The van der Waals surface area contributed by atoms with Crippen LogP contribution in [-0.4, -0.2) is 37.5 Å². The van der Waals surface area contributed by atoms with E-state index in [4.69, 9.17) is 5.11 Å². The number of aliphatic hydroxyl groups excluding tert-OH is 1. The molecule has 1 atom stereocenters. The fraction of sp³-hybridized carbons (Fsp3) is 0.600. The van der Waals surface area contributed by atoms with Gasteiger partial charge in [-0.25, -0.2) is 8.42 Å². The Morgan fingerprint density at radius 2 is 1.70 bits per heavy atom. The predicted molar refractivity (Wildman–Crippen MR) is 81.1 cm³/mol. The van der Waals surface area contributed by atoms with Crippen molar-refractivity contribution in [3.8, 4) is 0 Å². The molecular formula is C15H25NO3S. The molecule has 0 heterocycles. The van der Waals surface area contributed by atoms with Crippen LogP contribution >= 0.6 is 0 Å². The molecule has 0 fully saturated rings. The number of hydrogen-bond acceptors (Lipinski definition) is 3. The van der Waals surface area contributed by atoms with Crippen LogP contribution in [0.5, 0.6) is 0 Å². The zero-order chi connectivity index (χ0) is 15.6. The summed E-state index contributed by atoms with van der Waals surface area (Å²) in [6.07, 6.45) is 0.536. The first-order valence-corrected chi connectivity index (χ1v) is 8.22. The lowest BCUT2D eigenvalue weighted by atomic mass is 9.88. The molecule has 0 spiro atoms. The van der Waals surface area contributed by atoms with E-state index in [1.165, 1.54) is 4.31 Å². The summed E-state index contributed by atoms with van der Waals surface area (Å²) in [7, 11) is -1.86. The highest BCUT2D eigenvalue weighted by atomic mass is 32.2. The Morgan fingerprint density at radius 1 is 1.20 bits per heavy atom. The molecule has 4 nitrogen and oxygen atoms in total. The topological polar surface area (TPSA) is 57.6 Å². The molecule has 1 aromatic carbocycles. The Kier molecular flexibility index (Phi) is 5.35. The first kappa shape index (κ1) is 17.1. The maximum absolute atomic E-state index is 12.6. The molecule has 1 rings (SSSR count). The van der Waals surface area contributed by atoms with Gasteiger partial charge in [-0.15, -0.1) is 0 Å². The van der Waals surface area contributed by atoms with Gasteiger partial charge in [0.1, 0.15) is 0 Å². The van der Waals surface area contributed by atoms with E-state index in [0.29, 0.717) is 6.42 Å². The summed E-state index contributed by atoms with van der Waals surface area (Å²) in [6.45, 7) is 8.04. The van der Waals surface area contributed by atoms with Gasteiger partial charge < -0.3 is 5.11 Å². The van der Waals surface area contributed by atoms with Crippen molar-refractivity contribution in [2.45, 2.75) is 45.1 Å². The fourth-order valence-corrected chi connectivity index (χ4v) is 3.42. The van der Waals surface area contributed by atoms with Crippen LogP contribution in [0.2, 0.25) is 0 Å². The highest BCUT2D eigenvalue weighted by Crippen LogP contribution is 2.27. The summed E-state index contributed by atoms with van der Waals surface area (Å²) < 4.78 is 26.6. The van der Waals surface area contributed by atoms with Gasteiger partial charge in [0.05, 0.1) is 4.90 Å². The molecule has 20 heavy (non-hydrogen) atoms. The molecule has 0 aliphatic heterocycles. The quantitative estimate of drug-likeness (QED) is 0.907. The van der Waals surface area contributed by atoms with Crippen LogP contribution in [0, 0.1) is 5.41 Å². The molecule has 0 bridgehead atoms. The Morgan fingerprint density at radius 3 is 2.10 bits per heavy atom. The lowest BCUT2D eigenvalue weighted by molar-refractivity contribution is 0.216. The van der Waals surface area contributed by atoms with Crippen LogP contribution in [0.4, 0.5) is 0 Å². The zero-order valence-electron chi connectivity index (χ0n) is 12.9. The van der Waals surface area contributed by atoms with Crippen LogP contribution in [0.15, 0.2) is 29.2 Å². The second-order valence-corrected chi connectivity index (χ2v) is 8.18. The highest BCUT2D eigenvalue weighted by molar-refractivity contribution is 7.89. The molecule has 0 aromatic heterocycles. The molecule has 0 saturated heterocycles. The van der Waals surface area contributed by atoms with Crippen LogP contribution in [0.1, 0.15) is 33.3 Å². The third-order valence-corrected chi connectivity index (χ3v) is 5.74. The molecule has 0 aliphatic rings. The standard InChI is InChI=1S/C15H25NO3S/c1-12(15(2,3)4)16(5)20(18,19)14-8-6-13(7-9-14)10-11-17/h6-9,12,17H,10-11H2,1-5H3. The van der Waals surface area contributed by atoms with E-state index in [1.54, 1.807) is 31.3 Å². The molecule has 0 amide bonds. The van der Waals surface area contributed by atoms with Gasteiger partial charge in [-0.2, -0.15) is 4.31 Å². The van der Waals surface area contributed by atoms with E-state index >= 15 is 0 Å². The minimum absolute atomic E-state index is 0.0626. The van der Waals surface area contributed by atoms with Gasteiger partial charge in [0, 0.05) is 19.7 Å². The molecule has 114 valence electrons. The normalized spacial score (nSPS) is 14.6. The smallest absolute Gasteiger partial charge is 0.243 e. The van der Waals surface area contributed by atoms with Crippen molar-refractivity contribution in [3.63, 3.8) is 0 Å². The molecule has 1 aromatic rings. The van der Waals surface area contributed by atoms with Crippen molar-refractivity contribution in [2.75, 3.05) is 13.7 Å². The molecule has 0 radical (unpaired) electrons. The highest BCUT2D eigenvalue weighted by Gasteiger charge is 2.32. The first-order chi connectivity index (χ1) is 9.10. The van der Waals surface area contributed by atoms with Crippen molar-refractivity contribution in [3.05, 3.63) is 29.8 Å². The fourth-order valence-electron chi connectivity index (χ4n) is 1.88. The summed E-state index contributed by atoms with van der Waals surface area (Å²) in [6, 6.07) is 6.60. The van der Waals surface area contributed by atoms with Crippen LogP contribution in [-0.2, 0) is 16.4 Å². The van der Waals surface area contributed by atoms with Gasteiger partial charge in [-0.05, 0) is 36.5 Å². The second-order valence-electron chi connectivity index (χ2n) is 6.18. The lowest BCUT2D eigenvalue weighted by Gasteiger charge is -2.34. The van der Waals surface area contributed by atoms with Crippen molar-refractivity contribution >= 4 is 10.0 Å². The first-order valence-electron chi connectivity index (χ1n) is 6.78. The van der Waals surface area contributed by atoms with Crippen LogP contribution < -0.4 is 0 Å². The maximum atomic E-state index is 12.6. The van der Waals surface area contributed by atoms with Gasteiger partial charge in [0.25, 0.3) is 0 Å². The number of nitrogens with zero attached hydrogens (tertiary/aromatic N) is 1. The SMILES string of the molecule is CC(N(C)S(=O)(=O)c1ccc(CCO)cc1)C(C)(C)C. The van der Waals surface area contributed by atoms with Gasteiger partial charge in [-0.1, -0.05) is 32.9 Å². The van der Waals surface area contributed by atoms with E-state index < -0.39 is 10.0 Å². The van der Waals surface area contributed by atoms with E-state index in [9.17, 15) is 8.42 Å². The number of aliphatic hydroxyl groups is 1. The Hall–Kier alpha value is -0.910. The Bertz CT molecular complexity index is 529. The van der Waals surface area contributed by atoms with E-state index in [-0.39, 0.29) is 23.0 Å². The second kappa shape index (κ2) is 6.24. The maximum Gasteiger partial charge on any atom is 0.243 e. The van der Waals surface area contributed by atoms with Gasteiger partial charge in [0.15, 0.2) is 0 Å². The largest absolute Gasteiger partial charge is 0.396 e. The summed E-state index contributed by atoms with van der Waals surface area (Å²) in [5, 5.41) is 8.87. The van der Waals surface area contributed by atoms with Crippen molar-refractivity contribution in [1.82, 2.24) is 4.31 Å².